The summed E-state index contributed by atoms with van der Waals surface area (Å²) in [5.74, 6) is 0. The Bertz CT molecular complexity index is 943. The zero-order chi connectivity index (χ0) is 16.9. The van der Waals surface area contributed by atoms with Gasteiger partial charge in [-0.2, -0.15) is 5.10 Å². The number of fused-ring (bicyclic) bond motifs is 1. The van der Waals surface area contributed by atoms with Gasteiger partial charge in [0.2, 0.25) is 4.80 Å². The fraction of sp³-hybridized carbons (Fsp3) is 0.158. The van der Waals surface area contributed by atoms with Crippen LogP contribution in [0.15, 0.2) is 64.8 Å². The molecule has 0 aliphatic rings. The quantitative estimate of drug-likeness (QED) is 0.525. The Hall–Kier alpha value is -2.66. The van der Waals surface area contributed by atoms with Crippen LogP contribution in [-0.4, -0.2) is 24.9 Å². The summed E-state index contributed by atoms with van der Waals surface area (Å²) in [6.07, 6.45) is 5.63. The number of aryl methyl sites for hydroxylation is 1. The number of anilines is 1. The molecule has 2 aromatic carbocycles. The lowest BCUT2D eigenvalue weighted by atomic mass is 10.2. The number of hydrogen-bond acceptors (Lipinski definition) is 4. The molecular weight excluding hydrogens is 316 g/mol. The van der Waals surface area contributed by atoms with Crippen LogP contribution in [0, 0.1) is 0 Å². The highest BCUT2D eigenvalue weighted by Crippen LogP contribution is 2.15. The molecule has 4 nitrogen and oxygen atoms in total. The number of aromatic nitrogens is 1. The van der Waals surface area contributed by atoms with E-state index in [2.05, 4.69) is 56.1 Å². The van der Waals surface area contributed by atoms with Crippen LogP contribution in [0.2, 0.25) is 0 Å². The predicted octanol–water partition coefficient (Wildman–Crippen LogP) is 3.91. The van der Waals surface area contributed by atoms with E-state index < -0.39 is 0 Å². The van der Waals surface area contributed by atoms with Crippen molar-refractivity contribution in [2.45, 2.75) is 0 Å². The minimum atomic E-state index is 0.885. The molecule has 122 valence electrons. The fourth-order valence-corrected chi connectivity index (χ4v) is 3.31. The second kappa shape index (κ2) is 7.27. The number of rotatable bonds is 4. The van der Waals surface area contributed by atoms with Crippen LogP contribution in [0.5, 0.6) is 0 Å². The van der Waals surface area contributed by atoms with Crippen molar-refractivity contribution in [2.24, 2.45) is 17.3 Å². The minimum Gasteiger partial charge on any atom is -0.378 e. The smallest absolute Gasteiger partial charge is 0.211 e. The van der Waals surface area contributed by atoms with Crippen LogP contribution in [0.3, 0.4) is 0 Å². The molecule has 0 amide bonds. The van der Waals surface area contributed by atoms with Crippen molar-refractivity contribution in [3.63, 3.8) is 0 Å². The fourth-order valence-electron chi connectivity index (χ4n) is 2.34. The van der Waals surface area contributed by atoms with Crippen molar-refractivity contribution in [3.8, 4) is 0 Å². The largest absolute Gasteiger partial charge is 0.378 e. The van der Waals surface area contributed by atoms with Gasteiger partial charge < -0.3 is 9.47 Å². The summed E-state index contributed by atoms with van der Waals surface area (Å²) in [5, 5.41) is 8.46. The van der Waals surface area contributed by atoms with E-state index in [0.29, 0.717) is 0 Å². The number of nitrogens with zero attached hydrogens (tertiary/aromatic N) is 4. The van der Waals surface area contributed by atoms with Gasteiger partial charge in [0, 0.05) is 33.0 Å². The van der Waals surface area contributed by atoms with Gasteiger partial charge in [0.15, 0.2) is 0 Å². The maximum Gasteiger partial charge on any atom is 0.211 e. The average molecular weight is 336 g/mol. The molecule has 0 spiro atoms. The van der Waals surface area contributed by atoms with E-state index in [1.807, 2.05) is 45.4 Å². The zero-order valence-corrected chi connectivity index (χ0v) is 14.9. The standard InChI is InChI=1S/C19H20N4S/c1-22(2)16-12-10-15(11-13-16)7-6-14-20-21-19-23(3)17-8-4-5-9-18(17)24-19/h4-14H,1-3H3/b7-6+,20-14+,21-19+. The predicted molar refractivity (Wildman–Crippen MR) is 105 cm³/mol. The second-order valence-electron chi connectivity index (χ2n) is 5.62. The Labute approximate surface area is 145 Å². The SMILES string of the molecule is CN(C)c1ccc(/C=C/C=N/N=c2/sc3ccccc3n2C)cc1. The summed E-state index contributed by atoms with van der Waals surface area (Å²) < 4.78 is 3.27. The summed E-state index contributed by atoms with van der Waals surface area (Å²) in [5.41, 5.74) is 3.50. The molecule has 0 unspecified atom stereocenters. The summed E-state index contributed by atoms with van der Waals surface area (Å²) in [6.45, 7) is 0. The number of allylic oxidation sites excluding steroid dienone is 1. The summed E-state index contributed by atoms with van der Waals surface area (Å²) in [7, 11) is 6.08. The van der Waals surface area contributed by atoms with Crippen molar-refractivity contribution in [1.82, 2.24) is 4.57 Å². The average Bonchev–Trinajstić information content (AvgIpc) is 2.91. The highest BCUT2D eigenvalue weighted by atomic mass is 32.1. The van der Waals surface area contributed by atoms with Crippen LogP contribution in [0.4, 0.5) is 5.69 Å². The van der Waals surface area contributed by atoms with Crippen molar-refractivity contribution in [1.29, 1.82) is 0 Å². The van der Waals surface area contributed by atoms with Gasteiger partial charge in [-0.25, -0.2) is 0 Å². The van der Waals surface area contributed by atoms with Gasteiger partial charge in [-0.1, -0.05) is 41.7 Å². The third-order valence-electron chi connectivity index (χ3n) is 3.71. The molecule has 1 heterocycles. The van der Waals surface area contributed by atoms with Crippen molar-refractivity contribution in [3.05, 3.63) is 65.0 Å². The Balaban J connectivity index is 1.72. The molecule has 0 fully saturated rings. The van der Waals surface area contributed by atoms with Gasteiger partial charge in [0.1, 0.15) is 0 Å². The number of para-hydroxylation sites is 1. The van der Waals surface area contributed by atoms with Crippen LogP contribution >= 0.6 is 11.3 Å². The molecule has 1 aromatic heterocycles. The molecule has 5 heteroatoms. The number of hydrogen-bond donors (Lipinski definition) is 0. The van der Waals surface area contributed by atoms with Crippen LogP contribution in [0.25, 0.3) is 16.3 Å². The van der Waals surface area contributed by atoms with Gasteiger partial charge in [-0.15, -0.1) is 5.10 Å². The van der Waals surface area contributed by atoms with E-state index in [1.165, 1.54) is 15.9 Å². The van der Waals surface area contributed by atoms with Gasteiger partial charge >= 0.3 is 0 Å². The Morgan fingerprint density at radius 3 is 2.50 bits per heavy atom. The third kappa shape index (κ3) is 3.63. The number of benzene rings is 2. The van der Waals surface area contributed by atoms with Crippen LogP contribution < -0.4 is 9.70 Å². The Morgan fingerprint density at radius 1 is 1.04 bits per heavy atom. The molecule has 0 aliphatic heterocycles. The Kier molecular flexibility index (Phi) is 4.91. The topological polar surface area (TPSA) is 32.9 Å². The lowest BCUT2D eigenvalue weighted by Crippen LogP contribution is -2.08. The molecule has 3 aromatic rings. The molecule has 0 bridgehead atoms. The molecule has 0 saturated carbocycles. The van der Waals surface area contributed by atoms with E-state index in [4.69, 9.17) is 0 Å². The summed E-state index contributed by atoms with van der Waals surface area (Å²) in [6, 6.07) is 16.6. The number of thiazole rings is 1. The molecule has 0 atom stereocenters. The van der Waals surface area contributed by atoms with Crippen molar-refractivity contribution in [2.75, 3.05) is 19.0 Å². The lowest BCUT2D eigenvalue weighted by Gasteiger charge is -2.11. The molecule has 24 heavy (non-hydrogen) atoms. The monoisotopic (exact) mass is 336 g/mol. The van der Waals surface area contributed by atoms with E-state index in [1.54, 1.807) is 17.6 Å². The zero-order valence-electron chi connectivity index (χ0n) is 14.0. The first-order chi connectivity index (χ1) is 11.6. The van der Waals surface area contributed by atoms with Gasteiger partial charge in [0.25, 0.3) is 0 Å². The van der Waals surface area contributed by atoms with E-state index in [9.17, 15) is 0 Å². The maximum absolute atomic E-state index is 4.30. The second-order valence-corrected chi connectivity index (χ2v) is 6.63. The van der Waals surface area contributed by atoms with Gasteiger partial charge in [-0.05, 0) is 35.9 Å². The minimum absolute atomic E-state index is 0.885. The van der Waals surface area contributed by atoms with Crippen LogP contribution in [0.1, 0.15) is 5.56 Å². The summed E-state index contributed by atoms with van der Waals surface area (Å²) >= 11 is 1.64. The van der Waals surface area contributed by atoms with E-state index in [-0.39, 0.29) is 0 Å². The first kappa shape index (κ1) is 16.2. The molecule has 0 saturated heterocycles. The third-order valence-corrected chi connectivity index (χ3v) is 4.81. The van der Waals surface area contributed by atoms with Crippen LogP contribution in [-0.2, 0) is 7.05 Å². The first-order valence-electron chi connectivity index (χ1n) is 7.71. The maximum atomic E-state index is 4.30. The molecule has 0 N–H and O–H groups in total. The highest BCUT2D eigenvalue weighted by molar-refractivity contribution is 7.16. The van der Waals surface area contributed by atoms with Crippen molar-refractivity contribution < 1.29 is 0 Å². The van der Waals surface area contributed by atoms with Gasteiger partial charge in [0.05, 0.1) is 10.2 Å². The van der Waals surface area contributed by atoms with Gasteiger partial charge in [-0.3, -0.25) is 0 Å². The normalized spacial score (nSPS) is 12.7. The lowest BCUT2D eigenvalue weighted by molar-refractivity contribution is 0.890. The molecule has 3 rings (SSSR count). The molecule has 0 aliphatic carbocycles. The molecular formula is C19H20N4S. The van der Waals surface area contributed by atoms with E-state index >= 15 is 0 Å². The summed E-state index contributed by atoms with van der Waals surface area (Å²) in [4.78, 5) is 2.97. The first-order valence-corrected chi connectivity index (χ1v) is 8.52. The molecule has 0 radical (unpaired) electrons. The van der Waals surface area contributed by atoms with E-state index in [0.717, 1.165) is 10.4 Å². The Morgan fingerprint density at radius 2 is 1.79 bits per heavy atom. The van der Waals surface area contributed by atoms with Crippen molar-refractivity contribution >= 4 is 39.5 Å². The highest BCUT2D eigenvalue weighted by Gasteiger charge is 2.00.